The maximum absolute atomic E-state index is 13.0. The maximum Gasteiger partial charge on any atom is 0.258 e. The topological polar surface area (TPSA) is 59.1 Å². The fraction of sp³-hybridized carbons (Fsp3) is 0.529. The van der Waals surface area contributed by atoms with E-state index < -0.39 is 6.04 Å². The molecule has 6 heteroatoms. The summed E-state index contributed by atoms with van der Waals surface area (Å²) < 4.78 is 10.6. The minimum Gasteiger partial charge on any atom is -0.493 e. The lowest BCUT2D eigenvalue weighted by Gasteiger charge is -2.41. The van der Waals surface area contributed by atoms with Crippen molar-refractivity contribution in [3.63, 3.8) is 0 Å². The number of rotatable bonds is 3. The van der Waals surface area contributed by atoms with Crippen molar-refractivity contribution < 1.29 is 19.1 Å². The van der Waals surface area contributed by atoms with Crippen LogP contribution in [0.25, 0.3) is 0 Å². The summed E-state index contributed by atoms with van der Waals surface area (Å²) in [6.07, 6.45) is 1.96. The molecule has 2 fully saturated rings. The van der Waals surface area contributed by atoms with Crippen LogP contribution >= 0.6 is 0 Å². The van der Waals surface area contributed by atoms with Crippen molar-refractivity contribution >= 4 is 11.8 Å². The van der Waals surface area contributed by atoms with Gasteiger partial charge in [0.2, 0.25) is 5.91 Å². The number of hydrogen-bond donors (Lipinski definition) is 0. The molecular weight excluding hydrogens is 296 g/mol. The number of para-hydroxylation sites is 1. The first-order valence-electron chi connectivity index (χ1n) is 7.91. The maximum atomic E-state index is 13.0. The van der Waals surface area contributed by atoms with Crippen LogP contribution in [-0.4, -0.2) is 61.0 Å². The second-order valence-corrected chi connectivity index (χ2v) is 6.00. The van der Waals surface area contributed by atoms with Gasteiger partial charge in [-0.1, -0.05) is 6.07 Å². The average molecular weight is 318 g/mol. The molecule has 2 heterocycles. The first-order chi connectivity index (χ1) is 11.1. The number of methoxy groups -OCH3 is 2. The number of benzene rings is 1. The highest BCUT2D eigenvalue weighted by molar-refractivity contribution is 6.01. The Kier molecular flexibility index (Phi) is 4.15. The van der Waals surface area contributed by atoms with Crippen molar-refractivity contribution in [2.75, 3.05) is 27.3 Å². The van der Waals surface area contributed by atoms with E-state index >= 15 is 0 Å². The number of hydrogen-bond acceptors (Lipinski definition) is 4. The summed E-state index contributed by atoms with van der Waals surface area (Å²) in [6, 6.07) is 4.90. The number of carbonyl (C=O) groups excluding carboxylic acids is 2. The minimum absolute atomic E-state index is 0.0361. The van der Waals surface area contributed by atoms with Crippen molar-refractivity contribution in [2.45, 2.75) is 31.8 Å². The molecule has 1 aromatic carbocycles. The van der Waals surface area contributed by atoms with Crippen LogP contribution < -0.4 is 9.47 Å². The summed E-state index contributed by atoms with van der Waals surface area (Å²) in [5, 5.41) is 0. The van der Waals surface area contributed by atoms with Crippen LogP contribution in [0, 0.1) is 0 Å². The van der Waals surface area contributed by atoms with Crippen LogP contribution in [0.2, 0.25) is 0 Å². The lowest BCUT2D eigenvalue weighted by Crippen LogP contribution is -2.60. The summed E-state index contributed by atoms with van der Waals surface area (Å²) in [7, 11) is 3.05. The van der Waals surface area contributed by atoms with Gasteiger partial charge in [-0.15, -0.1) is 0 Å². The molecule has 0 saturated carbocycles. The molecule has 0 N–H and O–H groups in total. The lowest BCUT2D eigenvalue weighted by atomic mass is 10.0. The van der Waals surface area contributed by atoms with E-state index in [1.54, 1.807) is 30.0 Å². The van der Waals surface area contributed by atoms with Crippen molar-refractivity contribution in [3.8, 4) is 11.5 Å². The molecule has 0 spiro atoms. The van der Waals surface area contributed by atoms with Crippen LogP contribution in [0.5, 0.6) is 11.5 Å². The predicted molar refractivity (Wildman–Crippen MR) is 84.8 cm³/mol. The van der Waals surface area contributed by atoms with Gasteiger partial charge >= 0.3 is 0 Å². The third-order valence-corrected chi connectivity index (χ3v) is 4.79. The van der Waals surface area contributed by atoms with E-state index in [9.17, 15) is 9.59 Å². The number of piperazine rings is 1. The van der Waals surface area contributed by atoms with E-state index in [0.717, 1.165) is 19.4 Å². The zero-order valence-electron chi connectivity index (χ0n) is 13.7. The summed E-state index contributed by atoms with van der Waals surface area (Å²) in [6.45, 7) is 3.17. The van der Waals surface area contributed by atoms with Crippen molar-refractivity contribution in [1.82, 2.24) is 9.80 Å². The largest absolute Gasteiger partial charge is 0.493 e. The summed E-state index contributed by atoms with van der Waals surface area (Å²) in [5.41, 5.74) is 0.429. The first-order valence-corrected chi connectivity index (χ1v) is 7.91. The van der Waals surface area contributed by atoms with Gasteiger partial charge in [-0.05, 0) is 31.9 Å². The second-order valence-electron chi connectivity index (χ2n) is 6.00. The first kappa shape index (κ1) is 15.6. The van der Waals surface area contributed by atoms with E-state index in [4.69, 9.17) is 9.47 Å². The Bertz CT molecular complexity index is 631. The molecule has 2 aliphatic rings. The average Bonchev–Trinajstić information content (AvgIpc) is 3.05. The fourth-order valence-corrected chi connectivity index (χ4v) is 3.54. The van der Waals surface area contributed by atoms with Crippen LogP contribution in [-0.2, 0) is 4.79 Å². The van der Waals surface area contributed by atoms with Gasteiger partial charge in [0.25, 0.3) is 5.91 Å². The summed E-state index contributed by atoms with van der Waals surface area (Å²) in [5.74, 6) is 0.771. The fourth-order valence-electron chi connectivity index (χ4n) is 3.54. The van der Waals surface area contributed by atoms with Crippen LogP contribution in [0.1, 0.15) is 30.1 Å². The molecule has 1 aromatic rings. The highest BCUT2D eigenvalue weighted by atomic mass is 16.5. The van der Waals surface area contributed by atoms with E-state index in [2.05, 4.69) is 0 Å². The Morgan fingerprint density at radius 1 is 1.26 bits per heavy atom. The quantitative estimate of drug-likeness (QED) is 0.848. The summed E-state index contributed by atoms with van der Waals surface area (Å²) >= 11 is 0. The Labute approximate surface area is 136 Å². The lowest BCUT2D eigenvalue weighted by molar-refractivity contribution is -0.141. The van der Waals surface area contributed by atoms with E-state index in [0.29, 0.717) is 23.6 Å². The molecule has 0 aliphatic carbocycles. The van der Waals surface area contributed by atoms with Gasteiger partial charge < -0.3 is 19.3 Å². The number of fused-ring (bicyclic) bond motifs is 1. The second kappa shape index (κ2) is 6.10. The standard InChI is InChI=1S/C17H22N2O4/c1-11-16(20)18-9-5-6-12(18)10-19(11)17(21)13-7-4-8-14(22-2)15(13)23-3/h4,7-8,11-12H,5-6,9-10H2,1-3H3/t11-,12-/m1/s1. The van der Waals surface area contributed by atoms with Crippen molar-refractivity contribution in [1.29, 1.82) is 0 Å². The zero-order valence-corrected chi connectivity index (χ0v) is 13.7. The molecule has 2 atom stereocenters. The monoisotopic (exact) mass is 318 g/mol. The number of nitrogens with zero attached hydrogens (tertiary/aromatic N) is 2. The van der Waals surface area contributed by atoms with Crippen molar-refractivity contribution in [2.24, 2.45) is 0 Å². The van der Waals surface area contributed by atoms with Gasteiger partial charge in [-0.3, -0.25) is 9.59 Å². The molecule has 0 aromatic heterocycles. The Hall–Kier alpha value is -2.24. The van der Waals surface area contributed by atoms with Gasteiger partial charge in [-0.2, -0.15) is 0 Å². The molecule has 6 nitrogen and oxygen atoms in total. The van der Waals surface area contributed by atoms with Gasteiger partial charge in [0.1, 0.15) is 6.04 Å². The molecule has 0 unspecified atom stereocenters. The van der Waals surface area contributed by atoms with Crippen LogP contribution in [0.4, 0.5) is 0 Å². The number of ether oxygens (including phenoxy) is 2. The van der Waals surface area contributed by atoms with Crippen molar-refractivity contribution in [3.05, 3.63) is 23.8 Å². The highest BCUT2D eigenvalue weighted by Crippen LogP contribution is 2.33. The third kappa shape index (κ3) is 2.52. The highest BCUT2D eigenvalue weighted by Gasteiger charge is 2.42. The smallest absolute Gasteiger partial charge is 0.258 e. The predicted octanol–water partition coefficient (Wildman–Crippen LogP) is 1.54. The molecule has 23 heavy (non-hydrogen) atoms. The van der Waals surface area contributed by atoms with Gasteiger partial charge in [0, 0.05) is 19.1 Å². The zero-order chi connectivity index (χ0) is 16.6. The Morgan fingerprint density at radius 3 is 2.74 bits per heavy atom. The third-order valence-electron chi connectivity index (χ3n) is 4.79. The summed E-state index contributed by atoms with van der Waals surface area (Å²) in [4.78, 5) is 29.1. The molecule has 2 amide bonds. The Balaban J connectivity index is 1.92. The molecular formula is C17H22N2O4. The van der Waals surface area contributed by atoms with Crippen LogP contribution in [0.3, 0.4) is 0 Å². The normalized spacial score (nSPS) is 23.7. The van der Waals surface area contributed by atoms with Crippen LogP contribution in [0.15, 0.2) is 18.2 Å². The van der Waals surface area contributed by atoms with Gasteiger partial charge in [0.05, 0.1) is 19.8 Å². The SMILES string of the molecule is COc1cccc(C(=O)N2C[C@H]3CCCN3C(=O)[C@H]2C)c1OC. The Morgan fingerprint density at radius 2 is 2.04 bits per heavy atom. The van der Waals surface area contributed by atoms with E-state index in [1.807, 2.05) is 4.90 Å². The molecule has 0 radical (unpaired) electrons. The molecule has 0 bridgehead atoms. The minimum atomic E-state index is -0.451. The van der Waals surface area contributed by atoms with Gasteiger partial charge in [-0.25, -0.2) is 0 Å². The number of amides is 2. The molecule has 2 aliphatic heterocycles. The number of carbonyl (C=O) groups is 2. The molecule has 124 valence electrons. The van der Waals surface area contributed by atoms with Gasteiger partial charge in [0.15, 0.2) is 11.5 Å². The molecule has 2 saturated heterocycles. The van der Waals surface area contributed by atoms with E-state index in [-0.39, 0.29) is 17.9 Å². The molecule has 3 rings (SSSR count). The van der Waals surface area contributed by atoms with E-state index in [1.165, 1.54) is 14.2 Å².